The van der Waals surface area contributed by atoms with Crippen LogP contribution in [0.15, 0.2) is 57.7 Å². The summed E-state index contributed by atoms with van der Waals surface area (Å²) in [5, 5.41) is 0.434. The highest BCUT2D eigenvalue weighted by molar-refractivity contribution is 5.78. The van der Waals surface area contributed by atoms with Crippen molar-refractivity contribution in [1.82, 2.24) is 4.98 Å². The average molecular weight is 395 g/mol. The van der Waals surface area contributed by atoms with Gasteiger partial charge in [0.1, 0.15) is 5.75 Å². The zero-order valence-electron chi connectivity index (χ0n) is 16.7. The molecule has 0 radical (unpaired) electrons. The molecule has 0 aliphatic heterocycles. The third kappa shape index (κ3) is 5.44. The predicted octanol–water partition coefficient (Wildman–Crippen LogP) is 5.59. The zero-order valence-corrected chi connectivity index (χ0v) is 16.7. The third-order valence-corrected chi connectivity index (χ3v) is 4.82. The first kappa shape index (κ1) is 20.6. The van der Waals surface area contributed by atoms with Crippen LogP contribution in [0.4, 0.5) is 4.79 Å². The monoisotopic (exact) mass is 395 g/mol. The maximum Gasteiger partial charge on any atom is 0.513 e. The largest absolute Gasteiger partial charge is 0.513 e. The molecule has 29 heavy (non-hydrogen) atoms. The van der Waals surface area contributed by atoms with Gasteiger partial charge in [0.15, 0.2) is 0 Å². The van der Waals surface area contributed by atoms with E-state index in [2.05, 4.69) is 18.8 Å². The molecule has 0 bridgehead atoms. The fraction of sp³-hybridized carbons (Fsp3) is 0.348. The number of ether oxygens (including phenoxy) is 2. The lowest BCUT2D eigenvalue weighted by Crippen LogP contribution is -2.16. The average Bonchev–Trinajstić information content (AvgIpc) is 2.74. The maximum absolute atomic E-state index is 12.1. The standard InChI is InChI=1S/C23H25NO5/c1-3-5-8-16(4-2)15-27-23(26)28-18-13-11-17(12-14-18)21-24-20-10-7-6-9-19(20)22(25)29-21/h6-7,9-14,16H,3-5,8,15H2,1-2H3. The van der Waals surface area contributed by atoms with Crippen molar-refractivity contribution in [2.24, 2.45) is 5.92 Å². The van der Waals surface area contributed by atoms with Crippen LogP contribution in [0.3, 0.4) is 0 Å². The molecule has 152 valence electrons. The summed E-state index contributed by atoms with van der Waals surface area (Å²) in [4.78, 5) is 28.4. The lowest BCUT2D eigenvalue weighted by Gasteiger charge is -2.14. The molecule has 0 aliphatic carbocycles. The van der Waals surface area contributed by atoms with Crippen LogP contribution in [0, 0.1) is 5.92 Å². The third-order valence-electron chi connectivity index (χ3n) is 4.82. The number of benzene rings is 2. The summed E-state index contributed by atoms with van der Waals surface area (Å²) in [6, 6.07) is 13.6. The number of carbonyl (C=O) groups is 1. The Labute approximate surface area is 169 Å². The molecule has 6 nitrogen and oxygen atoms in total. The summed E-state index contributed by atoms with van der Waals surface area (Å²) in [5.41, 5.74) is 0.735. The quantitative estimate of drug-likeness (QED) is 0.366. The van der Waals surface area contributed by atoms with Crippen LogP contribution in [0.5, 0.6) is 5.75 Å². The Morgan fingerprint density at radius 2 is 1.86 bits per heavy atom. The second-order valence-corrected chi connectivity index (χ2v) is 6.93. The van der Waals surface area contributed by atoms with Gasteiger partial charge in [-0.25, -0.2) is 14.6 Å². The Hall–Kier alpha value is -3.15. The lowest BCUT2D eigenvalue weighted by atomic mass is 10.0. The van der Waals surface area contributed by atoms with E-state index in [0.717, 1.165) is 25.7 Å². The Morgan fingerprint density at radius 1 is 1.10 bits per heavy atom. The highest BCUT2D eigenvalue weighted by Crippen LogP contribution is 2.22. The van der Waals surface area contributed by atoms with Gasteiger partial charge >= 0.3 is 11.8 Å². The Kier molecular flexibility index (Phi) is 7.00. The number of fused-ring (bicyclic) bond motifs is 1. The molecule has 0 amide bonds. The maximum atomic E-state index is 12.1. The summed E-state index contributed by atoms with van der Waals surface area (Å²) < 4.78 is 15.8. The number of carbonyl (C=O) groups excluding carboxylic acids is 1. The van der Waals surface area contributed by atoms with Gasteiger partial charge in [0.05, 0.1) is 17.5 Å². The van der Waals surface area contributed by atoms with Crippen molar-refractivity contribution in [3.8, 4) is 17.2 Å². The lowest BCUT2D eigenvalue weighted by molar-refractivity contribution is 0.0812. The molecule has 0 saturated heterocycles. The predicted molar refractivity (Wildman–Crippen MR) is 111 cm³/mol. The number of hydrogen-bond donors (Lipinski definition) is 0. The fourth-order valence-electron chi connectivity index (χ4n) is 3.02. The van der Waals surface area contributed by atoms with Gasteiger partial charge in [-0.2, -0.15) is 0 Å². The molecule has 0 saturated carbocycles. The summed E-state index contributed by atoms with van der Waals surface area (Å²) in [6.07, 6.45) is 3.53. The minimum absolute atomic E-state index is 0.213. The van der Waals surface area contributed by atoms with Gasteiger partial charge in [-0.3, -0.25) is 0 Å². The Balaban J connectivity index is 1.63. The molecule has 3 rings (SSSR count). The molecule has 0 spiro atoms. The molecular formula is C23H25NO5. The van der Waals surface area contributed by atoms with E-state index in [0.29, 0.717) is 34.7 Å². The second-order valence-electron chi connectivity index (χ2n) is 6.93. The minimum Gasteiger partial charge on any atom is -0.434 e. The Bertz CT molecular complexity index is 1010. The van der Waals surface area contributed by atoms with Gasteiger partial charge < -0.3 is 13.9 Å². The van der Waals surface area contributed by atoms with E-state index in [9.17, 15) is 9.59 Å². The van der Waals surface area contributed by atoms with Crippen LogP contribution < -0.4 is 10.4 Å². The van der Waals surface area contributed by atoms with E-state index in [1.54, 1.807) is 42.5 Å². The summed E-state index contributed by atoms with van der Waals surface area (Å²) in [5.74, 6) is 0.916. The zero-order chi connectivity index (χ0) is 20.6. The molecule has 1 aromatic heterocycles. The van der Waals surface area contributed by atoms with Gasteiger partial charge in [-0.15, -0.1) is 0 Å². The van der Waals surface area contributed by atoms with Crippen LogP contribution in [0.1, 0.15) is 39.5 Å². The molecule has 0 aliphatic rings. The van der Waals surface area contributed by atoms with Crippen molar-refractivity contribution in [2.45, 2.75) is 39.5 Å². The van der Waals surface area contributed by atoms with E-state index in [1.165, 1.54) is 0 Å². The number of para-hydroxylation sites is 1. The van der Waals surface area contributed by atoms with Crippen molar-refractivity contribution < 1.29 is 18.7 Å². The smallest absolute Gasteiger partial charge is 0.434 e. The molecule has 0 fully saturated rings. The van der Waals surface area contributed by atoms with Crippen molar-refractivity contribution >= 4 is 17.1 Å². The SMILES string of the molecule is CCCCC(CC)COC(=O)Oc1ccc(-c2nc3ccccc3c(=O)o2)cc1. The molecule has 1 unspecified atom stereocenters. The van der Waals surface area contributed by atoms with Gasteiger partial charge in [-0.1, -0.05) is 45.2 Å². The second kappa shape index (κ2) is 9.87. The van der Waals surface area contributed by atoms with Crippen molar-refractivity contribution in [1.29, 1.82) is 0 Å². The van der Waals surface area contributed by atoms with E-state index in [1.807, 2.05) is 6.07 Å². The first-order valence-corrected chi connectivity index (χ1v) is 9.95. The van der Waals surface area contributed by atoms with Crippen LogP contribution in [0.2, 0.25) is 0 Å². The van der Waals surface area contributed by atoms with Crippen LogP contribution in [-0.4, -0.2) is 17.7 Å². The van der Waals surface area contributed by atoms with Crippen molar-refractivity contribution in [3.05, 3.63) is 59.0 Å². The van der Waals surface area contributed by atoms with E-state index in [4.69, 9.17) is 13.9 Å². The summed E-state index contributed by atoms with van der Waals surface area (Å²) in [6.45, 7) is 4.59. The molecule has 2 aromatic carbocycles. The molecule has 3 aromatic rings. The first-order valence-electron chi connectivity index (χ1n) is 9.95. The number of nitrogens with zero attached hydrogens (tertiary/aromatic N) is 1. The van der Waals surface area contributed by atoms with Crippen molar-refractivity contribution in [3.63, 3.8) is 0 Å². The van der Waals surface area contributed by atoms with E-state index in [-0.39, 0.29) is 5.89 Å². The van der Waals surface area contributed by atoms with E-state index >= 15 is 0 Å². The fourth-order valence-corrected chi connectivity index (χ4v) is 3.02. The first-order chi connectivity index (χ1) is 14.1. The molecular weight excluding hydrogens is 370 g/mol. The molecule has 1 heterocycles. The van der Waals surface area contributed by atoms with Gasteiger partial charge in [-0.05, 0) is 48.7 Å². The normalized spacial score (nSPS) is 11.9. The Morgan fingerprint density at radius 3 is 2.59 bits per heavy atom. The van der Waals surface area contributed by atoms with Gasteiger partial charge in [0.25, 0.3) is 0 Å². The van der Waals surface area contributed by atoms with Gasteiger partial charge in [0, 0.05) is 5.56 Å². The molecule has 0 N–H and O–H groups in total. The van der Waals surface area contributed by atoms with Gasteiger partial charge in [0.2, 0.25) is 5.89 Å². The number of aromatic nitrogens is 1. The summed E-state index contributed by atoms with van der Waals surface area (Å²) >= 11 is 0. The van der Waals surface area contributed by atoms with E-state index < -0.39 is 11.8 Å². The number of unbranched alkanes of at least 4 members (excludes halogenated alkanes) is 1. The van der Waals surface area contributed by atoms with Crippen LogP contribution in [-0.2, 0) is 4.74 Å². The van der Waals surface area contributed by atoms with Crippen LogP contribution in [0.25, 0.3) is 22.4 Å². The topological polar surface area (TPSA) is 78.6 Å². The highest BCUT2D eigenvalue weighted by atomic mass is 16.7. The molecule has 6 heteroatoms. The molecule has 1 atom stereocenters. The highest BCUT2D eigenvalue weighted by Gasteiger charge is 2.13. The van der Waals surface area contributed by atoms with Crippen molar-refractivity contribution in [2.75, 3.05) is 6.61 Å². The number of hydrogen-bond acceptors (Lipinski definition) is 6. The van der Waals surface area contributed by atoms with Crippen LogP contribution >= 0.6 is 0 Å². The number of rotatable bonds is 8. The minimum atomic E-state index is -0.719. The summed E-state index contributed by atoms with van der Waals surface area (Å²) in [7, 11) is 0.